The molecule has 1 saturated carbocycles. The summed E-state index contributed by atoms with van der Waals surface area (Å²) in [5, 5.41) is 0. The van der Waals surface area contributed by atoms with Crippen molar-refractivity contribution in [3.63, 3.8) is 0 Å². The van der Waals surface area contributed by atoms with E-state index in [0.29, 0.717) is 5.92 Å². The van der Waals surface area contributed by atoms with Crippen molar-refractivity contribution in [1.82, 2.24) is 9.97 Å². The van der Waals surface area contributed by atoms with Crippen molar-refractivity contribution in [2.45, 2.75) is 38.0 Å². The summed E-state index contributed by atoms with van der Waals surface area (Å²) in [6.07, 6.45) is 10.4. The van der Waals surface area contributed by atoms with Crippen molar-refractivity contribution in [2.24, 2.45) is 0 Å². The summed E-state index contributed by atoms with van der Waals surface area (Å²) in [5.74, 6) is 1.55. The molecule has 1 heterocycles. The highest BCUT2D eigenvalue weighted by molar-refractivity contribution is 5.60. The number of hydrogen-bond acceptors (Lipinski definition) is 2. The molecule has 18 heavy (non-hydrogen) atoms. The summed E-state index contributed by atoms with van der Waals surface area (Å²) in [5.41, 5.74) is 2.65. The van der Waals surface area contributed by atoms with Crippen LogP contribution in [0, 0.1) is 0 Å². The molecule has 1 fully saturated rings. The van der Waals surface area contributed by atoms with Crippen molar-refractivity contribution >= 4 is 0 Å². The Morgan fingerprint density at radius 3 is 2.33 bits per heavy atom. The zero-order valence-electron chi connectivity index (χ0n) is 10.5. The van der Waals surface area contributed by atoms with Crippen LogP contribution in [-0.2, 0) is 0 Å². The van der Waals surface area contributed by atoms with Gasteiger partial charge in [-0.15, -0.1) is 0 Å². The van der Waals surface area contributed by atoms with E-state index in [1.807, 2.05) is 18.5 Å². The second-order valence-corrected chi connectivity index (χ2v) is 4.99. The van der Waals surface area contributed by atoms with Gasteiger partial charge in [-0.05, 0) is 30.4 Å². The number of rotatable bonds is 2. The van der Waals surface area contributed by atoms with Crippen LogP contribution >= 0.6 is 0 Å². The normalized spacial score (nSPS) is 16.7. The summed E-state index contributed by atoms with van der Waals surface area (Å²) in [6.45, 7) is 0. The van der Waals surface area contributed by atoms with Crippen molar-refractivity contribution in [2.75, 3.05) is 0 Å². The smallest absolute Gasteiger partial charge is 0.159 e. The SMILES string of the molecule is c1cnc(-c2ccccc2C2CCCCC2)nc1. The number of nitrogens with zero attached hydrogens (tertiary/aromatic N) is 2. The van der Waals surface area contributed by atoms with Gasteiger partial charge in [0.05, 0.1) is 0 Å². The Bertz CT molecular complexity index is 502. The van der Waals surface area contributed by atoms with Gasteiger partial charge >= 0.3 is 0 Å². The van der Waals surface area contributed by atoms with E-state index in [2.05, 4.69) is 34.2 Å². The highest BCUT2D eigenvalue weighted by Crippen LogP contribution is 2.36. The summed E-state index contributed by atoms with van der Waals surface area (Å²) >= 11 is 0. The molecule has 0 saturated heterocycles. The molecule has 0 amide bonds. The Hall–Kier alpha value is -1.70. The minimum atomic E-state index is 0.693. The highest BCUT2D eigenvalue weighted by atomic mass is 14.9. The lowest BCUT2D eigenvalue weighted by Crippen LogP contribution is -2.06. The van der Waals surface area contributed by atoms with Crippen LogP contribution in [0.15, 0.2) is 42.7 Å². The van der Waals surface area contributed by atoms with E-state index >= 15 is 0 Å². The first-order valence-electron chi connectivity index (χ1n) is 6.81. The van der Waals surface area contributed by atoms with Gasteiger partial charge in [-0.3, -0.25) is 0 Å². The summed E-state index contributed by atoms with van der Waals surface area (Å²) < 4.78 is 0. The Balaban J connectivity index is 1.99. The summed E-state index contributed by atoms with van der Waals surface area (Å²) in [7, 11) is 0. The highest BCUT2D eigenvalue weighted by Gasteiger charge is 2.19. The quantitative estimate of drug-likeness (QED) is 0.784. The second-order valence-electron chi connectivity index (χ2n) is 4.99. The van der Waals surface area contributed by atoms with Gasteiger partial charge in [0, 0.05) is 18.0 Å². The lowest BCUT2D eigenvalue weighted by atomic mass is 9.82. The second kappa shape index (κ2) is 5.30. The van der Waals surface area contributed by atoms with Crippen molar-refractivity contribution < 1.29 is 0 Å². The van der Waals surface area contributed by atoms with Gasteiger partial charge < -0.3 is 0 Å². The predicted molar refractivity (Wildman–Crippen MR) is 73.3 cm³/mol. The van der Waals surface area contributed by atoms with Gasteiger partial charge in [-0.25, -0.2) is 9.97 Å². The predicted octanol–water partition coefficient (Wildman–Crippen LogP) is 4.19. The molecule has 1 aliphatic carbocycles. The summed E-state index contributed by atoms with van der Waals surface area (Å²) in [4.78, 5) is 8.79. The van der Waals surface area contributed by atoms with Gasteiger partial charge in [0.25, 0.3) is 0 Å². The van der Waals surface area contributed by atoms with Crippen LogP contribution in [0.4, 0.5) is 0 Å². The maximum atomic E-state index is 4.39. The Morgan fingerprint density at radius 2 is 1.56 bits per heavy atom. The van der Waals surface area contributed by atoms with E-state index in [9.17, 15) is 0 Å². The molecule has 2 aromatic rings. The van der Waals surface area contributed by atoms with Gasteiger partial charge in [0.2, 0.25) is 0 Å². The van der Waals surface area contributed by atoms with E-state index in [1.54, 1.807) is 0 Å². The lowest BCUT2D eigenvalue weighted by molar-refractivity contribution is 0.444. The molecule has 2 nitrogen and oxygen atoms in total. The van der Waals surface area contributed by atoms with E-state index < -0.39 is 0 Å². The molecular weight excluding hydrogens is 220 g/mol. The van der Waals surface area contributed by atoms with Crippen molar-refractivity contribution in [1.29, 1.82) is 0 Å². The van der Waals surface area contributed by atoms with E-state index in [4.69, 9.17) is 0 Å². The monoisotopic (exact) mass is 238 g/mol. The minimum Gasteiger partial charge on any atom is -0.237 e. The molecule has 0 aliphatic heterocycles. The summed E-state index contributed by atoms with van der Waals surface area (Å²) in [6, 6.07) is 10.5. The van der Waals surface area contributed by atoms with E-state index in [0.717, 1.165) is 5.82 Å². The molecule has 0 atom stereocenters. The molecular formula is C16H18N2. The maximum Gasteiger partial charge on any atom is 0.159 e. The molecule has 92 valence electrons. The van der Waals surface area contributed by atoms with Crippen LogP contribution < -0.4 is 0 Å². The van der Waals surface area contributed by atoms with Crippen LogP contribution in [0.25, 0.3) is 11.4 Å². The van der Waals surface area contributed by atoms with Crippen molar-refractivity contribution in [3.05, 3.63) is 48.3 Å². The Kier molecular flexibility index (Phi) is 3.35. The van der Waals surface area contributed by atoms with Gasteiger partial charge in [0.1, 0.15) is 0 Å². The average molecular weight is 238 g/mol. The van der Waals surface area contributed by atoms with Crippen LogP contribution in [0.3, 0.4) is 0 Å². The minimum absolute atomic E-state index is 0.693. The zero-order chi connectivity index (χ0) is 12.2. The number of aromatic nitrogens is 2. The third-order valence-electron chi connectivity index (χ3n) is 3.81. The fourth-order valence-electron chi connectivity index (χ4n) is 2.91. The van der Waals surface area contributed by atoms with Crippen LogP contribution in [0.1, 0.15) is 43.6 Å². The fraction of sp³-hybridized carbons (Fsp3) is 0.375. The van der Waals surface area contributed by atoms with E-state index in [-0.39, 0.29) is 0 Å². The molecule has 0 unspecified atom stereocenters. The molecule has 1 aromatic heterocycles. The first-order chi connectivity index (χ1) is 8.95. The zero-order valence-corrected chi connectivity index (χ0v) is 10.5. The average Bonchev–Trinajstić information content (AvgIpc) is 2.49. The van der Waals surface area contributed by atoms with Crippen molar-refractivity contribution in [3.8, 4) is 11.4 Å². The molecule has 0 spiro atoms. The third-order valence-corrected chi connectivity index (χ3v) is 3.81. The topological polar surface area (TPSA) is 25.8 Å². The first kappa shape index (κ1) is 11.4. The first-order valence-corrected chi connectivity index (χ1v) is 6.81. The molecule has 1 aromatic carbocycles. The van der Waals surface area contributed by atoms with Crippen LogP contribution in [0.5, 0.6) is 0 Å². The molecule has 0 N–H and O–H groups in total. The molecule has 3 rings (SSSR count). The van der Waals surface area contributed by atoms with Gasteiger partial charge in [0.15, 0.2) is 5.82 Å². The number of benzene rings is 1. The van der Waals surface area contributed by atoms with Gasteiger partial charge in [-0.1, -0.05) is 43.5 Å². The van der Waals surface area contributed by atoms with Gasteiger partial charge in [-0.2, -0.15) is 0 Å². The van der Waals surface area contributed by atoms with E-state index in [1.165, 1.54) is 43.2 Å². The fourth-order valence-corrected chi connectivity index (χ4v) is 2.91. The lowest BCUT2D eigenvalue weighted by Gasteiger charge is -2.23. The van der Waals surface area contributed by atoms with Crippen LogP contribution in [-0.4, -0.2) is 9.97 Å². The largest absolute Gasteiger partial charge is 0.237 e. The standard InChI is InChI=1S/C16H18N2/c1-2-7-13(8-3-1)14-9-4-5-10-15(14)16-17-11-6-12-18-16/h4-6,9-13H,1-3,7-8H2. The van der Waals surface area contributed by atoms with Crippen LogP contribution in [0.2, 0.25) is 0 Å². The molecule has 0 radical (unpaired) electrons. The Morgan fingerprint density at radius 1 is 0.833 bits per heavy atom. The molecule has 0 bridgehead atoms. The molecule has 1 aliphatic rings. The number of hydrogen-bond donors (Lipinski definition) is 0. The Labute approximate surface area is 108 Å². The molecule has 2 heteroatoms. The third kappa shape index (κ3) is 2.28. The maximum absolute atomic E-state index is 4.39.